The van der Waals surface area contributed by atoms with Crippen LogP contribution in [0.4, 0.5) is 39.5 Å². The van der Waals surface area contributed by atoms with Crippen LogP contribution >= 0.6 is 0 Å². The molecule has 20 heteroatoms. The molecule has 3 aliphatic rings. The average Bonchev–Trinajstić information content (AvgIpc) is 3.51. The summed E-state index contributed by atoms with van der Waals surface area (Å²) in [5, 5.41) is 25.7. The average molecular weight is 674 g/mol. The Hall–Kier alpha value is -3.13. The number of rotatable bonds is 6. The van der Waals surface area contributed by atoms with Crippen LogP contribution in [-0.4, -0.2) is 129 Å². The number of hydrogen-bond donors (Lipinski definition) is 3. The second-order valence-electron chi connectivity index (χ2n) is 11.1. The number of carbonyl (C=O) groups is 3. The van der Waals surface area contributed by atoms with Crippen molar-refractivity contribution >= 4 is 17.9 Å². The predicted molar refractivity (Wildman–Crippen MR) is 138 cm³/mol. The summed E-state index contributed by atoms with van der Waals surface area (Å²) in [5.74, 6) is -6.41. The highest BCUT2D eigenvalue weighted by atomic mass is 19.4. The van der Waals surface area contributed by atoms with Crippen LogP contribution in [0.25, 0.3) is 0 Å². The van der Waals surface area contributed by atoms with Crippen LogP contribution in [0.5, 0.6) is 0 Å². The molecule has 3 atom stereocenters. The Kier molecular flexibility index (Phi) is 14.6. The highest BCUT2D eigenvalue weighted by molar-refractivity contribution is 5.73. The fraction of sp³-hybridized carbons (Fsp3) is 0.760. The van der Waals surface area contributed by atoms with E-state index in [4.69, 9.17) is 29.7 Å². The summed E-state index contributed by atoms with van der Waals surface area (Å²) in [4.78, 5) is 34.6. The first-order chi connectivity index (χ1) is 20.4. The highest BCUT2D eigenvalue weighted by Crippen LogP contribution is 2.40. The Balaban J connectivity index is 0.000000396. The van der Waals surface area contributed by atoms with E-state index in [0.717, 1.165) is 30.5 Å². The number of aryl methyl sites for hydroxylation is 1. The topological polar surface area (TPSA) is 139 Å². The standard InChI is InChI=1S/C19H33N5.3C2HF3O2/c1-21(2)14-18-8-17-13-23(11-16-9-20-22(3)10-16)7-6-19(17)24(18)12-15-4-5-15;3*3-2(4,5)1(6)7/h9-10,15,17-19H,4-8,11-14H2,1-3H3;3*(H,6,7)/t17-,18+,19+;;;/m1.../s1. The number of likely N-dealkylation sites (tertiary alicyclic amines) is 2. The van der Waals surface area contributed by atoms with Crippen molar-refractivity contribution < 1.29 is 69.2 Å². The van der Waals surface area contributed by atoms with E-state index in [1.165, 1.54) is 57.4 Å². The monoisotopic (exact) mass is 673 g/mol. The minimum Gasteiger partial charge on any atom is -0.475 e. The van der Waals surface area contributed by atoms with Crippen molar-refractivity contribution in [3.05, 3.63) is 18.0 Å². The van der Waals surface area contributed by atoms with Gasteiger partial charge >= 0.3 is 36.4 Å². The molecule has 1 aromatic rings. The molecule has 1 aliphatic carbocycles. The number of nitrogens with zero attached hydrogens (tertiary/aromatic N) is 5. The van der Waals surface area contributed by atoms with Gasteiger partial charge in [-0.15, -0.1) is 0 Å². The molecule has 45 heavy (non-hydrogen) atoms. The molecule has 1 aromatic heterocycles. The Morgan fingerprint density at radius 1 is 0.889 bits per heavy atom. The van der Waals surface area contributed by atoms with Crippen molar-refractivity contribution in [3.8, 4) is 0 Å². The molecular formula is C25H36F9N5O6. The quantitative estimate of drug-likeness (QED) is 0.385. The van der Waals surface area contributed by atoms with Crippen molar-refractivity contribution in [1.82, 2.24) is 24.5 Å². The van der Waals surface area contributed by atoms with E-state index in [2.05, 4.69) is 40.1 Å². The van der Waals surface area contributed by atoms with Gasteiger partial charge in [0.1, 0.15) is 0 Å². The van der Waals surface area contributed by atoms with E-state index in [1.54, 1.807) is 0 Å². The summed E-state index contributed by atoms with van der Waals surface area (Å²) in [5.41, 5.74) is 1.36. The number of fused-ring (bicyclic) bond motifs is 1. The van der Waals surface area contributed by atoms with Crippen molar-refractivity contribution in [3.63, 3.8) is 0 Å². The molecule has 0 bridgehead atoms. The molecule has 0 amide bonds. The van der Waals surface area contributed by atoms with Crippen LogP contribution in [0.15, 0.2) is 12.4 Å². The molecule has 0 aromatic carbocycles. The fourth-order valence-electron chi connectivity index (χ4n) is 4.96. The van der Waals surface area contributed by atoms with Crippen LogP contribution in [0.3, 0.4) is 0 Å². The van der Waals surface area contributed by atoms with Gasteiger partial charge in [-0.05, 0) is 58.2 Å². The van der Waals surface area contributed by atoms with Gasteiger partial charge in [-0.3, -0.25) is 14.5 Å². The molecule has 2 saturated heterocycles. The van der Waals surface area contributed by atoms with Crippen LogP contribution in [0.2, 0.25) is 0 Å². The zero-order valence-electron chi connectivity index (χ0n) is 24.5. The number of carboxylic acid groups (broad SMARTS) is 3. The Labute approximate surface area is 252 Å². The minimum atomic E-state index is -5.08. The van der Waals surface area contributed by atoms with Gasteiger partial charge < -0.3 is 20.2 Å². The van der Waals surface area contributed by atoms with E-state index in [-0.39, 0.29) is 0 Å². The number of halogens is 9. The van der Waals surface area contributed by atoms with Gasteiger partial charge in [0, 0.05) is 57.1 Å². The van der Waals surface area contributed by atoms with Crippen molar-refractivity contribution in [2.24, 2.45) is 18.9 Å². The molecule has 3 heterocycles. The molecule has 4 rings (SSSR count). The van der Waals surface area contributed by atoms with Crippen molar-refractivity contribution in [2.75, 3.05) is 40.3 Å². The molecule has 11 nitrogen and oxygen atoms in total. The molecule has 0 radical (unpaired) electrons. The Morgan fingerprint density at radius 2 is 1.36 bits per heavy atom. The normalized spacial score (nSPS) is 22.2. The number of aromatic nitrogens is 2. The van der Waals surface area contributed by atoms with Gasteiger partial charge in [-0.1, -0.05) is 0 Å². The third-order valence-electron chi connectivity index (χ3n) is 6.88. The maximum Gasteiger partial charge on any atom is 0.490 e. The number of piperidine rings is 1. The molecule has 3 N–H and O–H groups in total. The first-order valence-corrected chi connectivity index (χ1v) is 13.4. The first kappa shape index (κ1) is 39.9. The SMILES string of the molecule is CN(C)C[C@@H]1C[C@@H]2CN(Cc3cnn(C)c3)CC[C@@H]2N1CC1CC1.O=C(O)C(F)(F)F.O=C(O)C(F)(F)F.O=C(O)C(F)(F)F. The van der Waals surface area contributed by atoms with Crippen LogP contribution < -0.4 is 0 Å². The second-order valence-corrected chi connectivity index (χ2v) is 11.1. The second kappa shape index (κ2) is 16.4. The van der Waals surface area contributed by atoms with Crippen molar-refractivity contribution in [2.45, 2.75) is 62.8 Å². The lowest BCUT2D eigenvalue weighted by Crippen LogP contribution is -2.48. The molecule has 2 aliphatic heterocycles. The Bertz CT molecular complexity index is 1050. The summed E-state index contributed by atoms with van der Waals surface area (Å²) < 4.78 is 97.1. The molecule has 1 saturated carbocycles. The van der Waals surface area contributed by atoms with Gasteiger partial charge in [-0.25, -0.2) is 14.4 Å². The molecular weight excluding hydrogens is 637 g/mol. The first-order valence-electron chi connectivity index (χ1n) is 13.4. The summed E-state index contributed by atoms with van der Waals surface area (Å²) in [7, 11) is 6.46. The molecule has 0 spiro atoms. The van der Waals surface area contributed by atoms with E-state index in [1.807, 2.05) is 17.9 Å². The van der Waals surface area contributed by atoms with E-state index in [0.29, 0.717) is 0 Å². The van der Waals surface area contributed by atoms with Gasteiger partial charge in [0.15, 0.2) is 0 Å². The van der Waals surface area contributed by atoms with Crippen molar-refractivity contribution in [1.29, 1.82) is 0 Å². The number of alkyl halides is 9. The number of hydrogen-bond acceptors (Lipinski definition) is 7. The smallest absolute Gasteiger partial charge is 0.475 e. The summed E-state index contributed by atoms with van der Waals surface area (Å²) >= 11 is 0. The maximum atomic E-state index is 10.6. The number of likely N-dealkylation sites (N-methyl/N-ethyl adjacent to an activating group) is 1. The zero-order valence-corrected chi connectivity index (χ0v) is 24.5. The lowest BCUT2D eigenvalue weighted by atomic mass is 9.92. The zero-order chi connectivity index (χ0) is 34.9. The Morgan fingerprint density at radius 3 is 1.71 bits per heavy atom. The van der Waals surface area contributed by atoms with Crippen LogP contribution in [0, 0.1) is 11.8 Å². The van der Waals surface area contributed by atoms with Gasteiger partial charge in [0.05, 0.1) is 6.20 Å². The highest BCUT2D eigenvalue weighted by Gasteiger charge is 2.45. The molecule has 0 unspecified atom stereocenters. The summed E-state index contributed by atoms with van der Waals surface area (Å²) in [6, 6.07) is 1.61. The number of aliphatic carboxylic acids is 3. The number of carboxylic acids is 3. The van der Waals surface area contributed by atoms with Crippen LogP contribution in [0.1, 0.15) is 31.2 Å². The van der Waals surface area contributed by atoms with Crippen LogP contribution in [-0.2, 0) is 28.0 Å². The third-order valence-corrected chi connectivity index (χ3v) is 6.88. The maximum absolute atomic E-state index is 10.6. The van der Waals surface area contributed by atoms with E-state index in [9.17, 15) is 39.5 Å². The largest absolute Gasteiger partial charge is 0.490 e. The lowest BCUT2D eigenvalue weighted by Gasteiger charge is -2.39. The van der Waals surface area contributed by atoms with Gasteiger partial charge in [-0.2, -0.15) is 44.6 Å². The van der Waals surface area contributed by atoms with E-state index < -0.39 is 36.4 Å². The summed E-state index contributed by atoms with van der Waals surface area (Å²) in [6.45, 7) is 6.17. The molecule has 3 fully saturated rings. The predicted octanol–water partition coefficient (Wildman–Crippen LogP) is 3.56. The fourth-order valence-corrected chi connectivity index (χ4v) is 4.96. The summed E-state index contributed by atoms with van der Waals surface area (Å²) in [6.07, 6.45) is -5.39. The minimum absolute atomic E-state index is 0.772. The molecule has 260 valence electrons. The third kappa shape index (κ3) is 15.1. The van der Waals surface area contributed by atoms with E-state index >= 15 is 0 Å². The lowest BCUT2D eigenvalue weighted by molar-refractivity contribution is -0.193. The van der Waals surface area contributed by atoms with Gasteiger partial charge in [0.25, 0.3) is 0 Å². The van der Waals surface area contributed by atoms with Gasteiger partial charge in [0.2, 0.25) is 0 Å².